The van der Waals surface area contributed by atoms with E-state index in [1.807, 2.05) is 0 Å². The van der Waals surface area contributed by atoms with Gasteiger partial charge in [-0.3, -0.25) is 9.59 Å². The van der Waals surface area contributed by atoms with Crippen LogP contribution in [0.4, 0.5) is 22.0 Å². The lowest BCUT2D eigenvalue weighted by Gasteiger charge is -2.33. The van der Waals surface area contributed by atoms with Crippen LogP contribution in [-0.2, 0) is 4.79 Å². The van der Waals surface area contributed by atoms with Gasteiger partial charge in [-0.15, -0.1) is 0 Å². The van der Waals surface area contributed by atoms with Crippen molar-refractivity contribution in [3.8, 4) is 0 Å². The van der Waals surface area contributed by atoms with Crippen molar-refractivity contribution in [2.45, 2.75) is 94.8 Å². The van der Waals surface area contributed by atoms with Crippen molar-refractivity contribution < 1.29 is 36.2 Å². The minimum absolute atomic E-state index is 0.0662. The van der Waals surface area contributed by atoms with E-state index in [4.69, 9.17) is 4.63 Å². The zero-order valence-corrected chi connectivity index (χ0v) is 23.4. The summed E-state index contributed by atoms with van der Waals surface area (Å²) < 4.78 is 73.3. The molecule has 232 valence electrons. The molecule has 10 nitrogen and oxygen atoms in total. The summed E-state index contributed by atoms with van der Waals surface area (Å²) in [7, 11) is 0. The van der Waals surface area contributed by atoms with Crippen LogP contribution >= 0.6 is 0 Å². The van der Waals surface area contributed by atoms with E-state index < -0.39 is 48.3 Å². The smallest absolute Gasteiger partial charge is 0.349 e. The Balaban J connectivity index is 1.25. The number of carbonyl (C=O) groups is 2. The van der Waals surface area contributed by atoms with Crippen LogP contribution in [0.1, 0.15) is 110 Å². The summed E-state index contributed by atoms with van der Waals surface area (Å²) in [5.41, 5.74) is 1.95. The van der Waals surface area contributed by atoms with Crippen LogP contribution in [-0.4, -0.2) is 48.8 Å². The molecule has 0 bridgehead atoms. The number of nitrogens with zero attached hydrogens (tertiary/aromatic N) is 5. The van der Waals surface area contributed by atoms with E-state index in [0.717, 1.165) is 32.6 Å². The summed E-state index contributed by atoms with van der Waals surface area (Å²) in [6.07, 6.45) is 1.09. The third-order valence-electron chi connectivity index (χ3n) is 8.71. The zero-order valence-electron chi connectivity index (χ0n) is 23.4. The number of rotatable bonds is 10. The lowest BCUT2D eigenvalue weighted by atomic mass is 9.81. The molecule has 3 heterocycles. The fraction of sp³-hybridized carbons (Fsp3) is 0.643. The van der Waals surface area contributed by atoms with Crippen molar-refractivity contribution in [2.75, 3.05) is 0 Å². The predicted molar refractivity (Wildman–Crippen MR) is 140 cm³/mol. The molecule has 3 aliphatic carbocycles. The molecule has 0 aromatic carbocycles. The topological polar surface area (TPSA) is 127 Å². The maximum absolute atomic E-state index is 14.0. The fourth-order valence-electron chi connectivity index (χ4n) is 5.78. The number of imidazole rings is 1. The van der Waals surface area contributed by atoms with Crippen LogP contribution in [0.3, 0.4) is 0 Å². The molecule has 3 aliphatic rings. The molecule has 43 heavy (non-hydrogen) atoms. The number of nitrogens with one attached hydrogen (secondary N) is 2. The van der Waals surface area contributed by atoms with Gasteiger partial charge in [0.15, 0.2) is 11.3 Å². The second-order valence-electron chi connectivity index (χ2n) is 12.2. The van der Waals surface area contributed by atoms with Gasteiger partial charge in [0, 0.05) is 25.2 Å². The first-order valence-electron chi connectivity index (χ1n) is 14.6. The molecule has 3 atom stereocenters. The van der Waals surface area contributed by atoms with Crippen LogP contribution < -0.4 is 10.6 Å². The Kier molecular flexibility index (Phi) is 7.61. The van der Waals surface area contributed by atoms with Crippen LogP contribution in [0.2, 0.25) is 0 Å². The molecular weight excluding hydrogens is 577 g/mol. The number of halogens is 5. The quantitative estimate of drug-likeness (QED) is 0.293. The number of carbonyl (C=O) groups excluding carboxylic acids is 2. The number of fused-ring (bicyclic) bond motifs is 1. The number of hydrogen-bond acceptors (Lipinski definition) is 7. The third-order valence-corrected chi connectivity index (χ3v) is 8.71. The SMILES string of the molecule is C[C@H](CC(=O)N[C@@H](c1cnn2cc([C@@H](NC(=O)c3nonc3C3CC3)C3CCC(F)(F)CC3)nc2c1)C1CC1)C(F)(F)F. The lowest BCUT2D eigenvalue weighted by Crippen LogP contribution is -2.37. The monoisotopic (exact) mass is 609 g/mol. The summed E-state index contributed by atoms with van der Waals surface area (Å²) >= 11 is 0. The number of aromatic nitrogens is 5. The summed E-state index contributed by atoms with van der Waals surface area (Å²) in [5.74, 6) is -5.93. The molecular formula is C28H32F5N7O3. The van der Waals surface area contributed by atoms with E-state index in [1.54, 1.807) is 12.3 Å². The highest BCUT2D eigenvalue weighted by Gasteiger charge is 2.42. The average Bonchev–Trinajstić information content (AvgIpc) is 3.88. The Morgan fingerprint density at radius 1 is 1.05 bits per heavy atom. The molecule has 3 saturated carbocycles. The molecule has 3 aromatic rings. The van der Waals surface area contributed by atoms with Gasteiger partial charge in [0.25, 0.3) is 5.91 Å². The van der Waals surface area contributed by atoms with Gasteiger partial charge in [-0.2, -0.15) is 18.3 Å². The molecule has 0 aliphatic heterocycles. The summed E-state index contributed by atoms with van der Waals surface area (Å²) in [6.45, 7) is 0.972. The standard InChI is InChI=1S/C28H32F5N7O3/c1-14(28(31,32)33)10-21(41)36-22(15-2-3-15)18-11-20-35-19(13-40(20)34-12-18)23(17-6-8-27(29,30)9-7-17)37-26(42)25-24(16-4-5-16)38-43-39-25/h11-17,22-23H,2-10H2,1H3,(H,36,41)(H,37,42)/t14-,22-,23+/m1/s1. The Hall–Kier alpha value is -3.65. The summed E-state index contributed by atoms with van der Waals surface area (Å²) in [4.78, 5) is 30.5. The van der Waals surface area contributed by atoms with Crippen molar-refractivity contribution >= 4 is 17.5 Å². The van der Waals surface area contributed by atoms with Crippen molar-refractivity contribution in [1.82, 2.24) is 35.5 Å². The molecule has 2 N–H and O–H groups in total. The van der Waals surface area contributed by atoms with Gasteiger partial charge in [0.2, 0.25) is 11.8 Å². The number of hydrogen-bond donors (Lipinski definition) is 2. The van der Waals surface area contributed by atoms with E-state index in [1.165, 1.54) is 10.7 Å². The highest BCUT2D eigenvalue weighted by atomic mass is 19.4. The molecule has 0 radical (unpaired) electrons. The second-order valence-corrected chi connectivity index (χ2v) is 12.2. The van der Waals surface area contributed by atoms with Crippen molar-refractivity contribution in [3.63, 3.8) is 0 Å². The molecule has 15 heteroatoms. The second kappa shape index (κ2) is 11.1. The first-order chi connectivity index (χ1) is 20.4. The van der Waals surface area contributed by atoms with Gasteiger partial charge in [0.1, 0.15) is 5.69 Å². The molecule has 0 unspecified atom stereocenters. The van der Waals surface area contributed by atoms with Gasteiger partial charge < -0.3 is 10.6 Å². The Labute approximate surface area is 243 Å². The highest BCUT2D eigenvalue weighted by Crippen LogP contribution is 2.44. The Bertz CT molecular complexity index is 1490. The molecule has 2 amide bonds. The predicted octanol–water partition coefficient (Wildman–Crippen LogP) is 5.44. The fourth-order valence-corrected chi connectivity index (χ4v) is 5.78. The van der Waals surface area contributed by atoms with Crippen molar-refractivity contribution in [3.05, 3.63) is 41.1 Å². The van der Waals surface area contributed by atoms with Crippen molar-refractivity contribution in [1.29, 1.82) is 0 Å². The van der Waals surface area contributed by atoms with Crippen LogP contribution in [0.25, 0.3) is 5.65 Å². The maximum atomic E-state index is 14.0. The van der Waals surface area contributed by atoms with Gasteiger partial charge in [-0.05, 0) is 67.1 Å². The Morgan fingerprint density at radius 3 is 2.40 bits per heavy atom. The van der Waals surface area contributed by atoms with Crippen molar-refractivity contribution in [2.24, 2.45) is 17.8 Å². The van der Waals surface area contributed by atoms with E-state index in [0.29, 0.717) is 22.6 Å². The maximum Gasteiger partial charge on any atom is 0.392 e. The van der Waals surface area contributed by atoms with E-state index in [2.05, 4.69) is 31.0 Å². The average molecular weight is 610 g/mol. The van der Waals surface area contributed by atoms with Gasteiger partial charge in [-0.1, -0.05) is 12.1 Å². The third kappa shape index (κ3) is 6.64. The van der Waals surface area contributed by atoms with Gasteiger partial charge in [-0.25, -0.2) is 22.9 Å². The molecule has 0 saturated heterocycles. The van der Waals surface area contributed by atoms with E-state index >= 15 is 0 Å². The highest BCUT2D eigenvalue weighted by molar-refractivity contribution is 5.93. The first-order valence-corrected chi connectivity index (χ1v) is 14.6. The molecule has 6 rings (SSSR count). The first kappa shape index (κ1) is 29.4. The minimum Gasteiger partial charge on any atom is -0.349 e. The summed E-state index contributed by atoms with van der Waals surface area (Å²) in [5, 5.41) is 17.8. The minimum atomic E-state index is -4.47. The lowest BCUT2D eigenvalue weighted by molar-refractivity contribution is -0.174. The summed E-state index contributed by atoms with van der Waals surface area (Å²) in [6, 6.07) is 0.454. The largest absolute Gasteiger partial charge is 0.392 e. The number of alkyl halides is 5. The van der Waals surface area contributed by atoms with Crippen LogP contribution in [0.5, 0.6) is 0 Å². The Morgan fingerprint density at radius 2 is 1.74 bits per heavy atom. The molecule has 3 fully saturated rings. The molecule has 3 aromatic heterocycles. The number of amides is 2. The van der Waals surface area contributed by atoms with E-state index in [-0.39, 0.29) is 49.1 Å². The normalized spacial score (nSPS) is 21.3. The van der Waals surface area contributed by atoms with Gasteiger partial charge in [0.05, 0.1) is 36.1 Å². The zero-order chi connectivity index (χ0) is 30.5. The van der Waals surface area contributed by atoms with Crippen LogP contribution in [0.15, 0.2) is 23.1 Å². The van der Waals surface area contributed by atoms with Gasteiger partial charge >= 0.3 is 6.18 Å². The molecule has 0 spiro atoms. The van der Waals surface area contributed by atoms with E-state index in [9.17, 15) is 31.5 Å². The van der Waals surface area contributed by atoms with Crippen LogP contribution in [0, 0.1) is 17.8 Å².